The quantitative estimate of drug-likeness (QED) is 0.853. The van der Waals surface area contributed by atoms with E-state index >= 15 is 0 Å². The second-order valence-corrected chi connectivity index (χ2v) is 4.99. The average molecular weight is 287 g/mol. The molecule has 21 heavy (non-hydrogen) atoms. The van der Waals surface area contributed by atoms with Crippen LogP contribution in [-0.2, 0) is 6.61 Å². The summed E-state index contributed by atoms with van der Waals surface area (Å²) in [4.78, 5) is 8.54. The molecule has 2 rings (SSSR count). The average Bonchev–Trinajstić information content (AvgIpc) is 2.48. The van der Waals surface area contributed by atoms with Crippen LogP contribution in [0.1, 0.15) is 37.8 Å². The molecule has 0 saturated carbocycles. The van der Waals surface area contributed by atoms with E-state index in [9.17, 15) is 5.11 Å². The predicted molar refractivity (Wildman–Crippen MR) is 82.7 cm³/mol. The monoisotopic (exact) mass is 287 g/mol. The molecule has 2 aromatic rings. The first-order chi connectivity index (χ1) is 10.2. The van der Waals surface area contributed by atoms with Crippen LogP contribution in [0.25, 0.3) is 0 Å². The number of aliphatic hydroxyl groups excluding tert-OH is 1. The summed E-state index contributed by atoms with van der Waals surface area (Å²) in [6.45, 7) is 6.88. The standard InChI is InChI=1S/C16H21N3O2/c1-4-17-15-14(11(2)3)16(19-10-18-15)21-13-8-6-5-7-12(13)9-20/h5-8,10-11,20H,4,9H2,1-3H3,(H,17,18,19). The fourth-order valence-electron chi connectivity index (χ4n) is 2.13. The third kappa shape index (κ3) is 3.49. The normalized spacial score (nSPS) is 10.7. The highest BCUT2D eigenvalue weighted by molar-refractivity contribution is 5.52. The zero-order chi connectivity index (χ0) is 15.2. The summed E-state index contributed by atoms with van der Waals surface area (Å²) in [5.74, 6) is 2.15. The van der Waals surface area contributed by atoms with Gasteiger partial charge in [-0.2, -0.15) is 0 Å². The lowest BCUT2D eigenvalue weighted by atomic mass is 10.1. The van der Waals surface area contributed by atoms with E-state index in [-0.39, 0.29) is 12.5 Å². The molecular formula is C16H21N3O2. The van der Waals surface area contributed by atoms with Crippen molar-refractivity contribution in [2.24, 2.45) is 0 Å². The Bertz CT molecular complexity index is 600. The zero-order valence-corrected chi connectivity index (χ0v) is 12.6. The third-order valence-electron chi connectivity index (χ3n) is 3.12. The number of benzene rings is 1. The van der Waals surface area contributed by atoms with Crippen molar-refractivity contribution in [3.8, 4) is 11.6 Å². The summed E-state index contributed by atoms with van der Waals surface area (Å²) >= 11 is 0. The Morgan fingerprint density at radius 1 is 1.24 bits per heavy atom. The number of anilines is 1. The Balaban J connectivity index is 2.41. The van der Waals surface area contributed by atoms with Gasteiger partial charge < -0.3 is 15.2 Å². The predicted octanol–water partition coefficient (Wildman–Crippen LogP) is 3.32. The molecule has 0 aliphatic heterocycles. The summed E-state index contributed by atoms with van der Waals surface area (Å²) in [7, 11) is 0. The number of aromatic nitrogens is 2. The van der Waals surface area contributed by atoms with Crippen LogP contribution >= 0.6 is 0 Å². The van der Waals surface area contributed by atoms with Gasteiger partial charge in [-0.3, -0.25) is 0 Å². The summed E-state index contributed by atoms with van der Waals surface area (Å²) < 4.78 is 5.93. The van der Waals surface area contributed by atoms with Gasteiger partial charge in [-0.1, -0.05) is 32.0 Å². The van der Waals surface area contributed by atoms with E-state index in [4.69, 9.17) is 4.74 Å². The van der Waals surface area contributed by atoms with Crippen molar-refractivity contribution in [1.29, 1.82) is 0 Å². The first-order valence-corrected chi connectivity index (χ1v) is 7.12. The second-order valence-electron chi connectivity index (χ2n) is 4.99. The first-order valence-electron chi connectivity index (χ1n) is 7.12. The third-order valence-corrected chi connectivity index (χ3v) is 3.12. The van der Waals surface area contributed by atoms with Crippen molar-refractivity contribution in [1.82, 2.24) is 9.97 Å². The van der Waals surface area contributed by atoms with Crippen molar-refractivity contribution in [2.75, 3.05) is 11.9 Å². The molecule has 5 nitrogen and oxygen atoms in total. The number of ether oxygens (including phenoxy) is 1. The van der Waals surface area contributed by atoms with Crippen molar-refractivity contribution in [3.63, 3.8) is 0 Å². The van der Waals surface area contributed by atoms with E-state index in [1.165, 1.54) is 6.33 Å². The van der Waals surface area contributed by atoms with E-state index in [2.05, 4.69) is 29.1 Å². The second kappa shape index (κ2) is 7.04. The van der Waals surface area contributed by atoms with Gasteiger partial charge in [-0.15, -0.1) is 0 Å². The maximum Gasteiger partial charge on any atom is 0.227 e. The fourth-order valence-corrected chi connectivity index (χ4v) is 2.13. The van der Waals surface area contributed by atoms with Crippen molar-refractivity contribution >= 4 is 5.82 Å². The van der Waals surface area contributed by atoms with Crippen LogP contribution in [0.3, 0.4) is 0 Å². The van der Waals surface area contributed by atoms with E-state index in [1.807, 2.05) is 31.2 Å². The van der Waals surface area contributed by atoms with E-state index in [1.54, 1.807) is 0 Å². The van der Waals surface area contributed by atoms with E-state index in [0.29, 0.717) is 11.6 Å². The molecule has 0 fully saturated rings. The molecule has 0 radical (unpaired) electrons. The molecule has 0 unspecified atom stereocenters. The van der Waals surface area contributed by atoms with Crippen molar-refractivity contribution in [2.45, 2.75) is 33.3 Å². The number of para-hydroxylation sites is 1. The minimum Gasteiger partial charge on any atom is -0.438 e. The molecule has 0 aliphatic rings. The molecule has 0 saturated heterocycles. The van der Waals surface area contributed by atoms with Crippen LogP contribution in [-0.4, -0.2) is 21.6 Å². The van der Waals surface area contributed by atoms with E-state index in [0.717, 1.165) is 23.5 Å². The SMILES string of the molecule is CCNc1ncnc(Oc2ccccc2CO)c1C(C)C. The minimum atomic E-state index is -0.0711. The van der Waals surface area contributed by atoms with Crippen molar-refractivity contribution < 1.29 is 9.84 Å². The molecule has 1 aromatic heterocycles. The molecule has 112 valence electrons. The van der Waals surface area contributed by atoms with Gasteiger partial charge in [0, 0.05) is 12.1 Å². The minimum absolute atomic E-state index is 0.0711. The van der Waals surface area contributed by atoms with Crippen LogP contribution in [0.4, 0.5) is 5.82 Å². The summed E-state index contributed by atoms with van der Waals surface area (Å²) in [6.07, 6.45) is 1.49. The first kappa shape index (κ1) is 15.3. The maximum absolute atomic E-state index is 9.39. The molecule has 2 N–H and O–H groups in total. The Hall–Kier alpha value is -2.14. The van der Waals surface area contributed by atoms with Gasteiger partial charge in [-0.05, 0) is 18.9 Å². The highest BCUT2D eigenvalue weighted by atomic mass is 16.5. The maximum atomic E-state index is 9.39. The van der Waals surface area contributed by atoms with Gasteiger partial charge in [0.1, 0.15) is 17.9 Å². The molecule has 1 aromatic carbocycles. The molecule has 0 bridgehead atoms. The van der Waals surface area contributed by atoms with Crippen LogP contribution in [0.5, 0.6) is 11.6 Å². The largest absolute Gasteiger partial charge is 0.438 e. The summed E-state index contributed by atoms with van der Waals surface area (Å²) in [5.41, 5.74) is 1.67. The smallest absolute Gasteiger partial charge is 0.227 e. The van der Waals surface area contributed by atoms with Crippen LogP contribution in [0.15, 0.2) is 30.6 Å². The Labute approximate surface area is 125 Å². The van der Waals surface area contributed by atoms with Gasteiger partial charge in [-0.25, -0.2) is 9.97 Å². The lowest BCUT2D eigenvalue weighted by Crippen LogP contribution is -2.08. The Kier molecular flexibility index (Phi) is 5.11. The van der Waals surface area contributed by atoms with E-state index < -0.39 is 0 Å². The number of rotatable bonds is 6. The lowest BCUT2D eigenvalue weighted by Gasteiger charge is -2.17. The summed E-state index contributed by atoms with van der Waals surface area (Å²) in [6, 6.07) is 7.39. The van der Waals surface area contributed by atoms with Crippen molar-refractivity contribution in [3.05, 3.63) is 41.7 Å². The molecule has 1 heterocycles. The Morgan fingerprint density at radius 3 is 2.67 bits per heavy atom. The number of hydrogen-bond acceptors (Lipinski definition) is 5. The van der Waals surface area contributed by atoms with Crippen LogP contribution in [0.2, 0.25) is 0 Å². The number of aliphatic hydroxyl groups is 1. The highest BCUT2D eigenvalue weighted by Gasteiger charge is 2.17. The topological polar surface area (TPSA) is 67.3 Å². The van der Waals surface area contributed by atoms with Gasteiger partial charge >= 0.3 is 0 Å². The molecule has 0 amide bonds. The van der Waals surface area contributed by atoms with Gasteiger partial charge in [0.15, 0.2) is 0 Å². The van der Waals surface area contributed by atoms with Crippen LogP contribution < -0.4 is 10.1 Å². The number of hydrogen-bond donors (Lipinski definition) is 2. The van der Waals surface area contributed by atoms with Gasteiger partial charge in [0.25, 0.3) is 0 Å². The molecule has 5 heteroatoms. The molecular weight excluding hydrogens is 266 g/mol. The highest BCUT2D eigenvalue weighted by Crippen LogP contribution is 2.33. The Morgan fingerprint density at radius 2 is 2.00 bits per heavy atom. The molecule has 0 atom stereocenters. The van der Waals surface area contributed by atoms with Gasteiger partial charge in [0.2, 0.25) is 5.88 Å². The van der Waals surface area contributed by atoms with Crippen LogP contribution in [0, 0.1) is 0 Å². The summed E-state index contributed by atoms with van der Waals surface area (Å²) in [5, 5.41) is 12.6. The number of nitrogens with one attached hydrogen (secondary N) is 1. The fraction of sp³-hybridized carbons (Fsp3) is 0.375. The number of nitrogens with zero attached hydrogens (tertiary/aromatic N) is 2. The zero-order valence-electron chi connectivity index (χ0n) is 12.6. The molecule has 0 aliphatic carbocycles. The molecule has 0 spiro atoms. The van der Waals surface area contributed by atoms with Gasteiger partial charge in [0.05, 0.1) is 12.2 Å². The lowest BCUT2D eigenvalue weighted by molar-refractivity contribution is 0.276.